The molecule has 126 valence electrons. The number of fused-ring (bicyclic) bond motifs is 2. The highest BCUT2D eigenvalue weighted by Crippen LogP contribution is 2.39. The number of carbonyl (C=O) groups is 1. The topological polar surface area (TPSA) is 104 Å². The molecule has 1 N–H and O–H groups in total. The minimum absolute atomic E-state index is 0.133. The average molecular weight is 378 g/mol. The number of amides is 1. The van der Waals surface area contributed by atoms with E-state index in [0.29, 0.717) is 22.1 Å². The lowest BCUT2D eigenvalue weighted by Crippen LogP contribution is -2.13. The maximum absolute atomic E-state index is 12.4. The molecule has 1 amide bonds. The standard InChI is InChI=1S/C15H8ClN3O5S/c16-7-1-2-10(19(21)22)8(3-7)14(20)18-15-17-9-4-11-12(24-6-23-11)5-13(9)25-15/h1-5H,6H2,(H,17,18,20). The molecular formula is C15H8ClN3O5S. The van der Waals surface area contributed by atoms with E-state index >= 15 is 0 Å². The van der Waals surface area contributed by atoms with Gasteiger partial charge in [0, 0.05) is 23.2 Å². The SMILES string of the molecule is O=C(Nc1nc2cc3c(cc2s1)OCO3)c1cc(Cl)ccc1[N+](=O)[O-]. The van der Waals surface area contributed by atoms with E-state index in [1.165, 1.54) is 29.5 Å². The molecule has 10 heteroatoms. The van der Waals surface area contributed by atoms with Crippen molar-refractivity contribution < 1.29 is 19.2 Å². The summed E-state index contributed by atoms with van der Waals surface area (Å²) in [5.41, 5.74) is 0.167. The van der Waals surface area contributed by atoms with Crippen molar-refractivity contribution >= 4 is 49.9 Å². The van der Waals surface area contributed by atoms with Crippen molar-refractivity contribution in [3.63, 3.8) is 0 Å². The quantitative estimate of drug-likeness (QED) is 0.549. The highest BCUT2D eigenvalue weighted by atomic mass is 35.5. The van der Waals surface area contributed by atoms with Crippen LogP contribution in [0.5, 0.6) is 11.5 Å². The number of nitro groups is 1. The summed E-state index contributed by atoms with van der Waals surface area (Å²) < 4.78 is 11.4. The number of carbonyl (C=O) groups excluding carboxylic acids is 1. The first kappa shape index (κ1) is 15.6. The molecule has 0 fully saturated rings. The fourth-order valence-corrected chi connectivity index (χ4v) is 3.43. The van der Waals surface area contributed by atoms with Gasteiger partial charge in [-0.3, -0.25) is 20.2 Å². The lowest BCUT2D eigenvalue weighted by atomic mass is 10.1. The zero-order valence-corrected chi connectivity index (χ0v) is 13.9. The van der Waals surface area contributed by atoms with Crippen molar-refractivity contribution in [2.24, 2.45) is 0 Å². The monoisotopic (exact) mass is 377 g/mol. The number of benzene rings is 2. The molecule has 0 bridgehead atoms. The molecule has 0 saturated heterocycles. The number of aromatic nitrogens is 1. The van der Waals surface area contributed by atoms with Crippen molar-refractivity contribution in [1.29, 1.82) is 0 Å². The summed E-state index contributed by atoms with van der Waals surface area (Å²) in [4.78, 5) is 27.2. The average Bonchev–Trinajstić information content (AvgIpc) is 3.16. The van der Waals surface area contributed by atoms with Crippen LogP contribution in [0, 0.1) is 10.1 Å². The van der Waals surface area contributed by atoms with E-state index < -0.39 is 10.8 Å². The minimum atomic E-state index is -0.659. The largest absolute Gasteiger partial charge is 0.454 e. The zero-order valence-electron chi connectivity index (χ0n) is 12.3. The summed E-state index contributed by atoms with van der Waals surface area (Å²) >= 11 is 7.07. The van der Waals surface area contributed by atoms with Crippen LogP contribution in [-0.4, -0.2) is 22.6 Å². The number of nitrogens with zero attached hydrogens (tertiary/aromatic N) is 2. The second-order valence-electron chi connectivity index (χ2n) is 5.06. The number of nitrogens with one attached hydrogen (secondary N) is 1. The van der Waals surface area contributed by atoms with E-state index in [0.717, 1.165) is 4.70 Å². The van der Waals surface area contributed by atoms with E-state index in [-0.39, 0.29) is 23.1 Å². The number of halogens is 1. The number of hydrogen-bond donors (Lipinski definition) is 1. The second-order valence-corrected chi connectivity index (χ2v) is 6.53. The summed E-state index contributed by atoms with van der Waals surface area (Å²) in [7, 11) is 0. The van der Waals surface area contributed by atoms with E-state index in [1.54, 1.807) is 12.1 Å². The van der Waals surface area contributed by atoms with Gasteiger partial charge >= 0.3 is 0 Å². The molecule has 4 rings (SSSR count). The normalized spacial score (nSPS) is 12.4. The number of nitro benzene ring substituents is 1. The number of ether oxygens (including phenoxy) is 2. The Morgan fingerprint density at radius 3 is 2.80 bits per heavy atom. The third-order valence-electron chi connectivity index (χ3n) is 3.50. The maximum Gasteiger partial charge on any atom is 0.282 e. The molecule has 0 spiro atoms. The van der Waals surface area contributed by atoms with Crippen LogP contribution in [0.15, 0.2) is 30.3 Å². The minimum Gasteiger partial charge on any atom is -0.454 e. The predicted octanol–water partition coefficient (Wildman–Crippen LogP) is 3.84. The van der Waals surface area contributed by atoms with Gasteiger partial charge in [-0.1, -0.05) is 22.9 Å². The van der Waals surface area contributed by atoms with Gasteiger partial charge in [-0.05, 0) is 12.1 Å². The Kier molecular flexibility index (Phi) is 3.66. The predicted molar refractivity (Wildman–Crippen MR) is 91.8 cm³/mol. The summed E-state index contributed by atoms with van der Waals surface area (Å²) in [6.07, 6.45) is 0. The van der Waals surface area contributed by atoms with Crippen LogP contribution in [-0.2, 0) is 0 Å². The van der Waals surface area contributed by atoms with Crippen molar-refractivity contribution in [3.05, 3.63) is 51.0 Å². The third kappa shape index (κ3) is 2.83. The van der Waals surface area contributed by atoms with Crippen LogP contribution in [0.25, 0.3) is 10.2 Å². The molecule has 0 saturated carbocycles. The van der Waals surface area contributed by atoms with Gasteiger partial charge in [0.2, 0.25) is 6.79 Å². The molecule has 0 radical (unpaired) electrons. The van der Waals surface area contributed by atoms with Crippen LogP contribution >= 0.6 is 22.9 Å². The van der Waals surface area contributed by atoms with Crippen molar-refractivity contribution in [3.8, 4) is 11.5 Å². The Hall–Kier alpha value is -2.91. The molecule has 1 aliphatic rings. The maximum atomic E-state index is 12.4. The van der Waals surface area contributed by atoms with Gasteiger partial charge in [0.05, 0.1) is 15.1 Å². The van der Waals surface area contributed by atoms with Crippen LogP contribution in [0.2, 0.25) is 5.02 Å². The van der Waals surface area contributed by atoms with Gasteiger partial charge in [0.1, 0.15) is 5.56 Å². The third-order valence-corrected chi connectivity index (χ3v) is 4.67. The molecule has 8 nitrogen and oxygen atoms in total. The Morgan fingerprint density at radius 2 is 2.04 bits per heavy atom. The summed E-state index contributed by atoms with van der Waals surface area (Å²) in [5.74, 6) is 0.536. The highest BCUT2D eigenvalue weighted by Gasteiger charge is 2.22. The Labute approximate surface area is 149 Å². The summed E-state index contributed by atoms with van der Waals surface area (Å²) in [5, 5.41) is 14.2. The lowest BCUT2D eigenvalue weighted by molar-refractivity contribution is -0.385. The van der Waals surface area contributed by atoms with E-state index in [2.05, 4.69) is 10.3 Å². The van der Waals surface area contributed by atoms with Crippen molar-refractivity contribution in [2.45, 2.75) is 0 Å². The van der Waals surface area contributed by atoms with Crippen molar-refractivity contribution in [2.75, 3.05) is 12.1 Å². The van der Waals surface area contributed by atoms with Gasteiger partial charge in [0.15, 0.2) is 16.6 Å². The number of hydrogen-bond acceptors (Lipinski definition) is 7. The molecule has 0 aliphatic carbocycles. The molecule has 2 aromatic carbocycles. The molecule has 2 heterocycles. The first-order chi connectivity index (χ1) is 12.0. The zero-order chi connectivity index (χ0) is 17.6. The van der Waals surface area contributed by atoms with Crippen LogP contribution in [0.3, 0.4) is 0 Å². The first-order valence-electron chi connectivity index (χ1n) is 6.97. The van der Waals surface area contributed by atoms with Gasteiger partial charge in [-0.15, -0.1) is 0 Å². The van der Waals surface area contributed by atoms with E-state index in [4.69, 9.17) is 21.1 Å². The fraction of sp³-hybridized carbons (Fsp3) is 0.0667. The molecule has 3 aromatic rings. The summed E-state index contributed by atoms with van der Waals surface area (Å²) in [6, 6.07) is 7.28. The Morgan fingerprint density at radius 1 is 1.28 bits per heavy atom. The van der Waals surface area contributed by atoms with E-state index in [1.807, 2.05) is 0 Å². The van der Waals surface area contributed by atoms with Gasteiger partial charge < -0.3 is 9.47 Å². The first-order valence-corrected chi connectivity index (χ1v) is 8.16. The van der Waals surface area contributed by atoms with Crippen molar-refractivity contribution in [1.82, 2.24) is 4.98 Å². The highest BCUT2D eigenvalue weighted by molar-refractivity contribution is 7.22. The van der Waals surface area contributed by atoms with Crippen LogP contribution in [0.1, 0.15) is 10.4 Å². The second kappa shape index (κ2) is 5.87. The molecule has 1 aliphatic heterocycles. The molecule has 0 unspecified atom stereocenters. The van der Waals surface area contributed by atoms with E-state index in [9.17, 15) is 14.9 Å². The molecule has 25 heavy (non-hydrogen) atoms. The molecular weight excluding hydrogens is 370 g/mol. The number of anilines is 1. The van der Waals surface area contributed by atoms with Crippen LogP contribution < -0.4 is 14.8 Å². The van der Waals surface area contributed by atoms with Gasteiger partial charge in [-0.25, -0.2) is 4.98 Å². The number of rotatable bonds is 3. The molecule has 0 atom stereocenters. The van der Waals surface area contributed by atoms with Gasteiger partial charge in [0.25, 0.3) is 11.6 Å². The van der Waals surface area contributed by atoms with Crippen LogP contribution in [0.4, 0.5) is 10.8 Å². The smallest absolute Gasteiger partial charge is 0.282 e. The lowest BCUT2D eigenvalue weighted by Gasteiger charge is -2.03. The Balaban J connectivity index is 1.66. The summed E-state index contributed by atoms with van der Waals surface area (Å²) in [6.45, 7) is 0.161. The number of thiazole rings is 1. The molecule has 1 aromatic heterocycles. The fourth-order valence-electron chi connectivity index (χ4n) is 2.39. The Bertz CT molecular complexity index is 994. The van der Waals surface area contributed by atoms with Gasteiger partial charge in [-0.2, -0.15) is 0 Å².